The van der Waals surface area contributed by atoms with Crippen molar-refractivity contribution in [3.8, 4) is 11.6 Å². The second-order valence-electron chi connectivity index (χ2n) is 4.15. The monoisotopic (exact) mass is 292 g/mol. The summed E-state index contributed by atoms with van der Waals surface area (Å²) >= 11 is 0. The van der Waals surface area contributed by atoms with Gasteiger partial charge >= 0.3 is 5.69 Å². The summed E-state index contributed by atoms with van der Waals surface area (Å²) in [6, 6.07) is 3.09. The highest BCUT2D eigenvalue weighted by atomic mass is 19.1. The molecule has 1 N–H and O–H groups in total. The number of nitrogens with one attached hydrogen (secondary N) is 1. The Hall–Kier alpha value is -2.77. The maximum atomic E-state index is 13.1. The number of nitro benzene ring substituents is 1. The zero-order valence-electron chi connectivity index (χ0n) is 11.5. The average Bonchev–Trinajstić information content (AvgIpc) is 2.45. The molecular formula is C13H13FN4O3. The Morgan fingerprint density at radius 2 is 2.19 bits per heavy atom. The summed E-state index contributed by atoms with van der Waals surface area (Å²) in [5, 5.41) is 14.0. The molecule has 0 fully saturated rings. The van der Waals surface area contributed by atoms with Crippen molar-refractivity contribution in [3.63, 3.8) is 0 Å². The van der Waals surface area contributed by atoms with Gasteiger partial charge in [-0.3, -0.25) is 10.1 Å². The van der Waals surface area contributed by atoms with Crippen LogP contribution >= 0.6 is 0 Å². The van der Waals surface area contributed by atoms with Crippen molar-refractivity contribution in [2.75, 3.05) is 11.9 Å². The first kappa shape index (κ1) is 14.6. The van der Waals surface area contributed by atoms with Gasteiger partial charge in [0.25, 0.3) is 0 Å². The van der Waals surface area contributed by atoms with Crippen LogP contribution in [-0.4, -0.2) is 21.4 Å². The molecule has 8 heteroatoms. The van der Waals surface area contributed by atoms with Crippen LogP contribution in [0.4, 0.5) is 15.9 Å². The van der Waals surface area contributed by atoms with E-state index in [9.17, 15) is 14.5 Å². The van der Waals surface area contributed by atoms with E-state index in [0.717, 1.165) is 12.1 Å². The molecule has 0 saturated carbocycles. The number of aromatic nitrogens is 2. The molecule has 0 bridgehead atoms. The Kier molecular flexibility index (Phi) is 4.27. The third-order valence-corrected chi connectivity index (χ3v) is 2.71. The Labute approximate surface area is 120 Å². The van der Waals surface area contributed by atoms with E-state index in [1.807, 2.05) is 6.92 Å². The van der Waals surface area contributed by atoms with Crippen LogP contribution in [0.2, 0.25) is 0 Å². The molecule has 1 aromatic carbocycles. The van der Waals surface area contributed by atoms with E-state index in [4.69, 9.17) is 4.74 Å². The molecule has 7 nitrogen and oxygen atoms in total. The number of halogens is 1. The van der Waals surface area contributed by atoms with Gasteiger partial charge in [0.1, 0.15) is 18.0 Å². The van der Waals surface area contributed by atoms with Crippen molar-refractivity contribution in [1.82, 2.24) is 9.97 Å². The van der Waals surface area contributed by atoms with Gasteiger partial charge in [-0.05, 0) is 26.0 Å². The smallest absolute Gasteiger partial charge is 0.314 e. The van der Waals surface area contributed by atoms with E-state index in [2.05, 4.69) is 15.3 Å². The minimum absolute atomic E-state index is 0.0781. The fourth-order valence-electron chi connectivity index (χ4n) is 1.71. The fourth-order valence-corrected chi connectivity index (χ4v) is 1.71. The third-order valence-electron chi connectivity index (χ3n) is 2.71. The molecule has 0 amide bonds. The summed E-state index contributed by atoms with van der Waals surface area (Å²) in [4.78, 5) is 18.2. The zero-order valence-corrected chi connectivity index (χ0v) is 11.5. The maximum Gasteiger partial charge on any atom is 0.314 e. The molecule has 1 heterocycles. The van der Waals surface area contributed by atoms with Crippen LogP contribution in [-0.2, 0) is 0 Å². The first-order chi connectivity index (χ1) is 10.0. The van der Waals surface area contributed by atoms with Gasteiger partial charge in [-0.25, -0.2) is 14.4 Å². The molecule has 2 aromatic rings. The number of nitrogens with zero attached hydrogens (tertiary/aromatic N) is 3. The van der Waals surface area contributed by atoms with Crippen molar-refractivity contribution in [2.45, 2.75) is 13.8 Å². The number of hydrogen-bond acceptors (Lipinski definition) is 6. The molecule has 0 aliphatic rings. The molecule has 2 rings (SSSR count). The fraction of sp³-hybridized carbons (Fsp3) is 0.231. The summed E-state index contributed by atoms with van der Waals surface area (Å²) in [5.41, 5.74) is 0.149. The maximum absolute atomic E-state index is 13.1. The summed E-state index contributed by atoms with van der Waals surface area (Å²) in [6.07, 6.45) is 1.29. The minimum atomic E-state index is -0.708. The lowest BCUT2D eigenvalue weighted by molar-refractivity contribution is -0.385. The number of benzene rings is 1. The lowest BCUT2D eigenvalue weighted by Gasteiger charge is -2.11. The van der Waals surface area contributed by atoms with Crippen LogP contribution < -0.4 is 10.1 Å². The van der Waals surface area contributed by atoms with Gasteiger partial charge in [0.2, 0.25) is 11.6 Å². The Morgan fingerprint density at radius 1 is 1.43 bits per heavy atom. The molecule has 0 unspecified atom stereocenters. The van der Waals surface area contributed by atoms with E-state index in [-0.39, 0.29) is 11.6 Å². The molecule has 0 saturated heterocycles. The number of hydrogen-bond donors (Lipinski definition) is 1. The minimum Gasteiger partial charge on any atom is -0.431 e. The van der Waals surface area contributed by atoms with Crippen molar-refractivity contribution in [2.24, 2.45) is 0 Å². The molecule has 0 atom stereocenters. The second-order valence-corrected chi connectivity index (χ2v) is 4.15. The highest BCUT2D eigenvalue weighted by Gasteiger charge is 2.19. The topological polar surface area (TPSA) is 90.2 Å². The van der Waals surface area contributed by atoms with E-state index in [1.54, 1.807) is 6.92 Å². The predicted molar refractivity (Wildman–Crippen MR) is 74.1 cm³/mol. The SMILES string of the molecule is CCNc1ncnc(Oc2ccc(F)cc2[N+](=O)[O-])c1C. The van der Waals surface area contributed by atoms with Crippen LogP contribution in [0.1, 0.15) is 12.5 Å². The predicted octanol–water partition coefficient (Wildman–Crippen LogP) is 3.06. The normalized spacial score (nSPS) is 10.2. The third kappa shape index (κ3) is 3.22. The molecule has 0 aliphatic carbocycles. The molecule has 110 valence electrons. The summed E-state index contributed by atoms with van der Waals surface area (Å²) in [7, 11) is 0. The van der Waals surface area contributed by atoms with E-state index >= 15 is 0 Å². The van der Waals surface area contributed by atoms with Gasteiger partial charge in [0, 0.05) is 6.54 Å². The quantitative estimate of drug-likeness (QED) is 0.672. The molecule has 21 heavy (non-hydrogen) atoms. The number of nitro groups is 1. The summed E-state index contributed by atoms with van der Waals surface area (Å²) in [5.74, 6) is -0.0321. The molecule has 1 aromatic heterocycles. The Morgan fingerprint density at radius 3 is 2.86 bits per heavy atom. The van der Waals surface area contributed by atoms with Crippen LogP contribution in [0.25, 0.3) is 0 Å². The largest absolute Gasteiger partial charge is 0.431 e. The molecular weight excluding hydrogens is 279 g/mol. The molecule has 0 spiro atoms. The summed E-state index contributed by atoms with van der Waals surface area (Å²) in [6.45, 7) is 4.30. The van der Waals surface area contributed by atoms with Crippen molar-refractivity contribution in [3.05, 3.63) is 46.0 Å². The van der Waals surface area contributed by atoms with Crippen LogP contribution in [0.15, 0.2) is 24.5 Å². The van der Waals surface area contributed by atoms with Gasteiger partial charge in [-0.2, -0.15) is 0 Å². The second kappa shape index (κ2) is 6.12. The number of ether oxygens (including phenoxy) is 1. The lowest BCUT2D eigenvalue weighted by Crippen LogP contribution is -2.04. The Bertz CT molecular complexity index is 678. The summed E-state index contributed by atoms with van der Waals surface area (Å²) < 4.78 is 18.5. The van der Waals surface area contributed by atoms with Gasteiger partial charge in [0.05, 0.1) is 16.6 Å². The van der Waals surface area contributed by atoms with E-state index in [0.29, 0.717) is 17.9 Å². The van der Waals surface area contributed by atoms with Crippen molar-refractivity contribution in [1.29, 1.82) is 0 Å². The van der Waals surface area contributed by atoms with Gasteiger partial charge in [-0.1, -0.05) is 0 Å². The first-order valence-corrected chi connectivity index (χ1v) is 6.20. The number of rotatable bonds is 5. The lowest BCUT2D eigenvalue weighted by atomic mass is 10.3. The highest BCUT2D eigenvalue weighted by molar-refractivity contribution is 5.52. The van der Waals surface area contributed by atoms with Crippen molar-refractivity contribution < 1.29 is 14.1 Å². The van der Waals surface area contributed by atoms with Crippen LogP contribution in [0, 0.1) is 22.9 Å². The van der Waals surface area contributed by atoms with Crippen LogP contribution in [0.3, 0.4) is 0 Å². The van der Waals surface area contributed by atoms with Crippen LogP contribution in [0.5, 0.6) is 11.6 Å². The standard InChI is InChI=1S/C13H13FN4O3/c1-3-15-12-8(2)13(17-7-16-12)21-11-5-4-9(14)6-10(11)18(19)20/h4-7H,3H2,1-2H3,(H,15,16,17). The van der Waals surface area contributed by atoms with Gasteiger partial charge in [-0.15, -0.1) is 0 Å². The zero-order chi connectivity index (χ0) is 15.4. The van der Waals surface area contributed by atoms with Gasteiger partial charge < -0.3 is 10.1 Å². The first-order valence-electron chi connectivity index (χ1n) is 6.20. The van der Waals surface area contributed by atoms with E-state index in [1.165, 1.54) is 12.4 Å². The number of anilines is 1. The Balaban J connectivity index is 2.39. The van der Waals surface area contributed by atoms with E-state index < -0.39 is 16.4 Å². The highest BCUT2D eigenvalue weighted by Crippen LogP contribution is 2.33. The molecule has 0 aliphatic heterocycles. The van der Waals surface area contributed by atoms with Crippen molar-refractivity contribution >= 4 is 11.5 Å². The average molecular weight is 292 g/mol. The molecule has 0 radical (unpaired) electrons. The van der Waals surface area contributed by atoms with Gasteiger partial charge in [0.15, 0.2) is 0 Å².